The van der Waals surface area contributed by atoms with Crippen molar-refractivity contribution < 1.29 is 15.0 Å². The van der Waals surface area contributed by atoms with Gasteiger partial charge in [-0.15, -0.1) is 0 Å². The molecule has 21 heavy (non-hydrogen) atoms. The Morgan fingerprint density at radius 2 is 2.05 bits per heavy atom. The molecule has 1 amide bonds. The molecule has 0 unspecified atom stereocenters. The molecule has 1 aliphatic rings. The van der Waals surface area contributed by atoms with Gasteiger partial charge in [-0.25, -0.2) is 0 Å². The van der Waals surface area contributed by atoms with Crippen LogP contribution in [0.25, 0.3) is 0 Å². The first-order chi connectivity index (χ1) is 10.1. The van der Waals surface area contributed by atoms with E-state index in [4.69, 9.17) is 0 Å². The monoisotopic (exact) mass is 292 g/mol. The van der Waals surface area contributed by atoms with Gasteiger partial charge in [0.05, 0.1) is 18.2 Å². The molecule has 1 heterocycles. The number of nitrogens with zero attached hydrogens (tertiary/aromatic N) is 1. The van der Waals surface area contributed by atoms with Crippen LogP contribution in [0.2, 0.25) is 0 Å². The Labute approximate surface area is 125 Å². The van der Waals surface area contributed by atoms with Crippen LogP contribution in [0.3, 0.4) is 0 Å². The fourth-order valence-electron chi connectivity index (χ4n) is 2.74. The molecule has 0 spiro atoms. The molecule has 0 radical (unpaired) electrons. The van der Waals surface area contributed by atoms with E-state index >= 15 is 0 Å². The lowest BCUT2D eigenvalue weighted by Gasteiger charge is -2.26. The van der Waals surface area contributed by atoms with E-state index in [1.54, 1.807) is 0 Å². The maximum absolute atomic E-state index is 11.6. The van der Waals surface area contributed by atoms with Gasteiger partial charge in [-0.3, -0.25) is 9.69 Å². The fraction of sp³-hybridized carbons (Fsp3) is 0.562. The highest BCUT2D eigenvalue weighted by molar-refractivity contribution is 5.75. The van der Waals surface area contributed by atoms with Crippen molar-refractivity contribution >= 4 is 5.91 Å². The van der Waals surface area contributed by atoms with E-state index in [2.05, 4.69) is 5.32 Å². The zero-order valence-corrected chi connectivity index (χ0v) is 12.4. The number of aliphatic hydroxyl groups is 2. The summed E-state index contributed by atoms with van der Waals surface area (Å²) in [5.74, 6) is -0.00856. The summed E-state index contributed by atoms with van der Waals surface area (Å²) in [7, 11) is 0. The maximum atomic E-state index is 11.6. The van der Waals surface area contributed by atoms with Crippen molar-refractivity contribution in [2.45, 2.75) is 44.6 Å². The Balaban J connectivity index is 1.96. The molecular formula is C16H24N2O3. The zero-order valence-electron chi connectivity index (χ0n) is 12.4. The third-order valence-electron chi connectivity index (χ3n) is 3.89. The molecule has 0 aromatic heterocycles. The summed E-state index contributed by atoms with van der Waals surface area (Å²) in [5, 5.41) is 22.8. The largest absolute Gasteiger partial charge is 0.389 e. The van der Waals surface area contributed by atoms with Crippen LogP contribution in [0.5, 0.6) is 0 Å². The number of hydrogen-bond acceptors (Lipinski definition) is 4. The summed E-state index contributed by atoms with van der Waals surface area (Å²) < 4.78 is 0. The summed E-state index contributed by atoms with van der Waals surface area (Å²) >= 11 is 0. The number of amides is 1. The van der Waals surface area contributed by atoms with Crippen molar-refractivity contribution in [1.29, 1.82) is 0 Å². The number of carbonyl (C=O) groups excluding carboxylic acids is 1. The summed E-state index contributed by atoms with van der Waals surface area (Å²) in [6.45, 7) is 3.40. The average molecular weight is 292 g/mol. The van der Waals surface area contributed by atoms with Crippen LogP contribution in [-0.2, 0) is 11.3 Å². The number of hydrogen-bond donors (Lipinski definition) is 3. The maximum Gasteiger partial charge on any atom is 0.220 e. The van der Waals surface area contributed by atoms with Gasteiger partial charge < -0.3 is 15.5 Å². The summed E-state index contributed by atoms with van der Waals surface area (Å²) in [5.41, 5.74) is 1.13. The number of β-amino-alcohol motifs (C(OH)–C–C–N with tert-alkyl or cyclic N) is 1. The van der Waals surface area contributed by atoms with Crippen molar-refractivity contribution in [2.75, 3.05) is 13.1 Å². The van der Waals surface area contributed by atoms with E-state index in [1.807, 2.05) is 42.2 Å². The van der Waals surface area contributed by atoms with Gasteiger partial charge in [0.15, 0.2) is 0 Å². The van der Waals surface area contributed by atoms with Crippen LogP contribution >= 0.6 is 0 Å². The molecule has 2 rings (SSSR count). The number of nitrogens with one attached hydrogen (secondary N) is 1. The van der Waals surface area contributed by atoms with Crippen LogP contribution in [0, 0.1) is 0 Å². The molecule has 5 heteroatoms. The van der Waals surface area contributed by atoms with Crippen LogP contribution in [0.15, 0.2) is 30.3 Å². The molecule has 0 aliphatic carbocycles. The Morgan fingerprint density at radius 1 is 1.33 bits per heavy atom. The molecule has 3 N–H and O–H groups in total. The highest BCUT2D eigenvalue weighted by Crippen LogP contribution is 2.21. The molecule has 1 saturated heterocycles. The van der Waals surface area contributed by atoms with Gasteiger partial charge in [-0.2, -0.15) is 0 Å². The Bertz CT molecular complexity index is 452. The van der Waals surface area contributed by atoms with E-state index in [0.717, 1.165) is 12.0 Å². The van der Waals surface area contributed by atoms with Crippen LogP contribution < -0.4 is 5.32 Å². The first kappa shape index (κ1) is 15.9. The van der Waals surface area contributed by atoms with Crippen LogP contribution in [0.4, 0.5) is 0 Å². The second kappa shape index (κ2) is 7.54. The third-order valence-corrected chi connectivity index (χ3v) is 3.89. The predicted octanol–water partition coefficient (Wildman–Crippen LogP) is 0.509. The van der Waals surface area contributed by atoms with Crippen molar-refractivity contribution in [2.24, 2.45) is 0 Å². The first-order valence-corrected chi connectivity index (χ1v) is 7.52. The topological polar surface area (TPSA) is 72.8 Å². The normalized spacial score (nSPS) is 26.0. The number of benzene rings is 1. The Kier molecular flexibility index (Phi) is 5.73. The van der Waals surface area contributed by atoms with Gasteiger partial charge in [0.2, 0.25) is 5.91 Å². The summed E-state index contributed by atoms with van der Waals surface area (Å²) in [6.07, 6.45) is -0.295. The second-order valence-electron chi connectivity index (χ2n) is 5.59. The quantitative estimate of drug-likeness (QED) is 0.714. The van der Waals surface area contributed by atoms with Gasteiger partial charge in [-0.1, -0.05) is 37.3 Å². The fourth-order valence-corrected chi connectivity index (χ4v) is 2.74. The molecule has 1 aromatic carbocycles. The van der Waals surface area contributed by atoms with Crippen molar-refractivity contribution in [1.82, 2.24) is 10.2 Å². The third kappa shape index (κ3) is 4.27. The molecule has 1 aromatic rings. The van der Waals surface area contributed by atoms with Gasteiger partial charge >= 0.3 is 0 Å². The van der Waals surface area contributed by atoms with Crippen molar-refractivity contribution in [3.63, 3.8) is 0 Å². The molecule has 0 saturated carbocycles. The van der Waals surface area contributed by atoms with Gasteiger partial charge in [0, 0.05) is 26.1 Å². The lowest BCUT2D eigenvalue weighted by Crippen LogP contribution is -2.45. The first-order valence-electron chi connectivity index (χ1n) is 7.52. The Morgan fingerprint density at radius 3 is 2.71 bits per heavy atom. The molecule has 1 aliphatic heterocycles. The van der Waals surface area contributed by atoms with E-state index in [-0.39, 0.29) is 11.9 Å². The minimum Gasteiger partial charge on any atom is -0.389 e. The van der Waals surface area contributed by atoms with Gasteiger partial charge in [0.25, 0.3) is 0 Å². The highest BCUT2D eigenvalue weighted by atomic mass is 16.3. The lowest BCUT2D eigenvalue weighted by atomic mass is 10.1. The molecule has 116 valence electrons. The second-order valence-corrected chi connectivity index (χ2v) is 5.59. The van der Waals surface area contributed by atoms with Crippen molar-refractivity contribution in [3.8, 4) is 0 Å². The predicted molar refractivity (Wildman–Crippen MR) is 80.6 cm³/mol. The molecule has 5 nitrogen and oxygen atoms in total. The molecule has 3 atom stereocenters. The zero-order chi connectivity index (χ0) is 15.2. The minimum absolute atomic E-state index is 0.00856. The molecular weight excluding hydrogens is 268 g/mol. The number of likely N-dealkylation sites (tertiary alicyclic amines) is 1. The van der Waals surface area contributed by atoms with E-state index in [1.165, 1.54) is 0 Å². The number of rotatable bonds is 6. The standard InChI is InChI=1S/C16H24N2O3/c1-2-6-15(20)17-9-13-16(21)14(19)11-18(13)10-12-7-4-3-5-8-12/h3-5,7-8,13-14,16,19,21H,2,6,9-11H2,1H3,(H,17,20)/t13-,14+,16-/m1/s1. The van der Waals surface area contributed by atoms with E-state index < -0.39 is 12.2 Å². The SMILES string of the molecule is CCCC(=O)NC[C@@H]1[C@@H](O)[C@@H](O)CN1Cc1ccccc1. The van der Waals surface area contributed by atoms with E-state index in [0.29, 0.717) is 26.1 Å². The smallest absolute Gasteiger partial charge is 0.220 e. The van der Waals surface area contributed by atoms with Gasteiger partial charge in [0.1, 0.15) is 0 Å². The van der Waals surface area contributed by atoms with Crippen LogP contribution in [0.1, 0.15) is 25.3 Å². The number of aliphatic hydroxyl groups excluding tert-OH is 2. The molecule has 0 bridgehead atoms. The number of carbonyl (C=O) groups is 1. The highest BCUT2D eigenvalue weighted by Gasteiger charge is 2.39. The van der Waals surface area contributed by atoms with Crippen molar-refractivity contribution in [3.05, 3.63) is 35.9 Å². The minimum atomic E-state index is -0.823. The molecule has 1 fully saturated rings. The summed E-state index contributed by atoms with van der Waals surface area (Å²) in [4.78, 5) is 13.6. The lowest BCUT2D eigenvalue weighted by molar-refractivity contribution is -0.121. The van der Waals surface area contributed by atoms with E-state index in [9.17, 15) is 15.0 Å². The summed E-state index contributed by atoms with van der Waals surface area (Å²) in [6, 6.07) is 9.68. The average Bonchev–Trinajstić information content (AvgIpc) is 2.73. The van der Waals surface area contributed by atoms with Gasteiger partial charge in [-0.05, 0) is 12.0 Å². The van der Waals surface area contributed by atoms with Crippen LogP contribution in [-0.4, -0.2) is 52.4 Å². The Hall–Kier alpha value is -1.43.